The maximum absolute atomic E-state index is 11.0. The van der Waals surface area contributed by atoms with Crippen LogP contribution >= 0.6 is 0 Å². The highest BCUT2D eigenvalue weighted by molar-refractivity contribution is 5.81. The van der Waals surface area contributed by atoms with E-state index in [2.05, 4.69) is 10.4 Å². The molecule has 5 heteroatoms. The van der Waals surface area contributed by atoms with Gasteiger partial charge in [-0.05, 0) is 14.0 Å². The normalized spacial score (nSPS) is 12.8. The number of aromatic nitrogens is 2. The Morgan fingerprint density at radius 3 is 2.92 bits per heavy atom. The summed E-state index contributed by atoms with van der Waals surface area (Å²) >= 11 is 0. The predicted octanol–water partition coefficient (Wildman–Crippen LogP) is -0.351. The van der Waals surface area contributed by atoms with Crippen molar-refractivity contribution in [3.05, 3.63) is 18.0 Å². The first-order valence-corrected chi connectivity index (χ1v) is 4.18. The zero-order valence-electron chi connectivity index (χ0n) is 7.82. The zero-order chi connectivity index (χ0) is 9.84. The topological polar surface area (TPSA) is 72.9 Å². The van der Waals surface area contributed by atoms with Crippen LogP contribution in [-0.2, 0) is 11.3 Å². The Morgan fingerprint density at radius 2 is 2.54 bits per heavy atom. The first kappa shape index (κ1) is 9.73. The number of carbonyl (C=O) groups is 1. The smallest absolute Gasteiger partial charge is 0.239 e. The molecule has 1 heterocycles. The van der Waals surface area contributed by atoms with Gasteiger partial charge >= 0.3 is 0 Å². The van der Waals surface area contributed by atoms with Gasteiger partial charge in [0.1, 0.15) is 6.04 Å². The number of rotatable bonds is 4. The lowest BCUT2D eigenvalue weighted by molar-refractivity contribution is -0.120. The second-order valence-electron chi connectivity index (χ2n) is 2.75. The van der Waals surface area contributed by atoms with Crippen LogP contribution in [0.4, 0.5) is 0 Å². The number of amides is 1. The standard InChI is InChI=1S/C8H14N4O/c1-3-12-5-6(4-11-12)7(10-2)8(9)13/h4-5,7,10H,3H2,1-2H3,(H2,9,13). The molecule has 0 bridgehead atoms. The van der Waals surface area contributed by atoms with Crippen LogP contribution in [0.1, 0.15) is 18.5 Å². The number of likely N-dealkylation sites (N-methyl/N-ethyl adjacent to an activating group) is 1. The van der Waals surface area contributed by atoms with E-state index in [0.717, 1.165) is 12.1 Å². The second-order valence-corrected chi connectivity index (χ2v) is 2.75. The Bertz CT molecular complexity index is 294. The number of hydrogen-bond acceptors (Lipinski definition) is 3. The third-order valence-corrected chi connectivity index (χ3v) is 1.88. The summed E-state index contributed by atoms with van der Waals surface area (Å²) < 4.78 is 1.75. The lowest BCUT2D eigenvalue weighted by Gasteiger charge is -2.08. The van der Waals surface area contributed by atoms with Crippen LogP contribution in [0.3, 0.4) is 0 Å². The van der Waals surface area contributed by atoms with Crippen molar-refractivity contribution in [1.82, 2.24) is 15.1 Å². The van der Waals surface area contributed by atoms with Gasteiger partial charge in [0.25, 0.3) is 0 Å². The van der Waals surface area contributed by atoms with Gasteiger partial charge < -0.3 is 11.1 Å². The van der Waals surface area contributed by atoms with Crippen molar-refractivity contribution >= 4 is 5.91 Å². The van der Waals surface area contributed by atoms with E-state index >= 15 is 0 Å². The molecule has 0 radical (unpaired) electrons. The Balaban J connectivity index is 2.85. The van der Waals surface area contributed by atoms with Crippen LogP contribution in [0.2, 0.25) is 0 Å². The Labute approximate surface area is 76.9 Å². The van der Waals surface area contributed by atoms with Crippen molar-refractivity contribution in [1.29, 1.82) is 0 Å². The molecule has 1 amide bonds. The average molecular weight is 182 g/mol. The summed E-state index contributed by atoms with van der Waals surface area (Å²) in [5.74, 6) is -0.391. The molecule has 1 rings (SSSR count). The minimum Gasteiger partial charge on any atom is -0.368 e. The molecule has 1 unspecified atom stereocenters. The highest BCUT2D eigenvalue weighted by Crippen LogP contribution is 2.10. The summed E-state index contributed by atoms with van der Waals surface area (Å²) in [6.07, 6.45) is 3.46. The summed E-state index contributed by atoms with van der Waals surface area (Å²) in [5, 5.41) is 6.88. The van der Waals surface area contributed by atoms with Crippen molar-refractivity contribution in [3.63, 3.8) is 0 Å². The molecule has 5 nitrogen and oxygen atoms in total. The SMILES string of the molecule is CCn1cc(C(NC)C(N)=O)cn1. The van der Waals surface area contributed by atoms with Crippen molar-refractivity contribution < 1.29 is 4.79 Å². The van der Waals surface area contributed by atoms with Gasteiger partial charge in [0, 0.05) is 18.3 Å². The third-order valence-electron chi connectivity index (χ3n) is 1.88. The third kappa shape index (κ3) is 2.06. The summed E-state index contributed by atoms with van der Waals surface area (Å²) in [7, 11) is 1.69. The molecule has 0 fully saturated rings. The van der Waals surface area contributed by atoms with E-state index in [4.69, 9.17) is 5.73 Å². The van der Waals surface area contributed by atoms with Gasteiger partial charge in [-0.15, -0.1) is 0 Å². The van der Waals surface area contributed by atoms with E-state index in [1.165, 1.54) is 0 Å². The second kappa shape index (κ2) is 4.04. The molecule has 1 aromatic heterocycles. The van der Waals surface area contributed by atoms with Crippen molar-refractivity contribution in [3.8, 4) is 0 Å². The van der Waals surface area contributed by atoms with Gasteiger partial charge in [0.15, 0.2) is 0 Å². The van der Waals surface area contributed by atoms with Gasteiger partial charge in [-0.3, -0.25) is 9.48 Å². The molecule has 0 aliphatic rings. The van der Waals surface area contributed by atoms with Gasteiger partial charge in [0.05, 0.1) is 6.20 Å². The van der Waals surface area contributed by atoms with E-state index in [9.17, 15) is 4.79 Å². The Hall–Kier alpha value is -1.36. The van der Waals surface area contributed by atoms with Crippen LogP contribution in [0.5, 0.6) is 0 Å². The monoisotopic (exact) mass is 182 g/mol. The summed E-state index contributed by atoms with van der Waals surface area (Å²) in [5.41, 5.74) is 5.99. The lowest BCUT2D eigenvalue weighted by atomic mass is 10.1. The molecule has 0 saturated carbocycles. The summed E-state index contributed by atoms with van der Waals surface area (Å²) in [6.45, 7) is 2.77. The number of primary amides is 1. The van der Waals surface area contributed by atoms with Crippen molar-refractivity contribution in [2.24, 2.45) is 5.73 Å². The fraction of sp³-hybridized carbons (Fsp3) is 0.500. The Morgan fingerprint density at radius 1 is 1.85 bits per heavy atom. The molecule has 0 aliphatic heterocycles. The molecule has 1 aromatic rings. The minimum atomic E-state index is -0.444. The highest BCUT2D eigenvalue weighted by atomic mass is 16.1. The number of carbonyl (C=O) groups excluding carboxylic acids is 1. The van der Waals surface area contributed by atoms with Crippen molar-refractivity contribution in [2.45, 2.75) is 19.5 Å². The quantitative estimate of drug-likeness (QED) is 0.668. The van der Waals surface area contributed by atoms with Crippen LogP contribution < -0.4 is 11.1 Å². The van der Waals surface area contributed by atoms with Crippen LogP contribution in [0.15, 0.2) is 12.4 Å². The average Bonchev–Trinajstić information content (AvgIpc) is 2.53. The molecular formula is C8H14N4O. The van der Waals surface area contributed by atoms with E-state index in [0.29, 0.717) is 0 Å². The van der Waals surface area contributed by atoms with Gasteiger partial charge in [-0.1, -0.05) is 0 Å². The first-order chi connectivity index (χ1) is 6.19. The van der Waals surface area contributed by atoms with E-state index in [1.807, 2.05) is 13.1 Å². The van der Waals surface area contributed by atoms with Gasteiger partial charge in [-0.25, -0.2) is 0 Å². The number of nitrogens with zero attached hydrogens (tertiary/aromatic N) is 2. The zero-order valence-corrected chi connectivity index (χ0v) is 7.82. The maximum Gasteiger partial charge on any atom is 0.239 e. The van der Waals surface area contributed by atoms with E-state index in [1.54, 1.807) is 17.9 Å². The molecule has 0 aromatic carbocycles. The van der Waals surface area contributed by atoms with Gasteiger partial charge in [-0.2, -0.15) is 5.10 Å². The van der Waals surface area contributed by atoms with Gasteiger partial charge in [0.2, 0.25) is 5.91 Å². The number of hydrogen-bond donors (Lipinski definition) is 2. The highest BCUT2D eigenvalue weighted by Gasteiger charge is 2.16. The number of nitrogens with one attached hydrogen (secondary N) is 1. The predicted molar refractivity (Wildman–Crippen MR) is 48.9 cm³/mol. The fourth-order valence-corrected chi connectivity index (χ4v) is 1.17. The fourth-order valence-electron chi connectivity index (χ4n) is 1.17. The lowest BCUT2D eigenvalue weighted by Crippen LogP contribution is -2.30. The molecule has 72 valence electrons. The number of nitrogens with two attached hydrogens (primary N) is 1. The van der Waals surface area contributed by atoms with Crippen LogP contribution in [-0.4, -0.2) is 22.7 Å². The summed E-state index contributed by atoms with van der Waals surface area (Å²) in [6, 6.07) is -0.444. The maximum atomic E-state index is 11.0. The molecule has 0 aliphatic carbocycles. The summed E-state index contributed by atoms with van der Waals surface area (Å²) in [4.78, 5) is 11.0. The first-order valence-electron chi connectivity index (χ1n) is 4.18. The molecule has 0 spiro atoms. The Kier molecular flexibility index (Phi) is 3.02. The van der Waals surface area contributed by atoms with Crippen LogP contribution in [0, 0.1) is 0 Å². The number of aryl methyl sites for hydroxylation is 1. The molecule has 3 N–H and O–H groups in total. The minimum absolute atomic E-state index is 0.391. The largest absolute Gasteiger partial charge is 0.368 e. The van der Waals surface area contributed by atoms with Crippen molar-refractivity contribution in [2.75, 3.05) is 7.05 Å². The van der Waals surface area contributed by atoms with Crippen LogP contribution in [0.25, 0.3) is 0 Å². The molecule has 0 saturated heterocycles. The molecule has 1 atom stereocenters. The van der Waals surface area contributed by atoms with E-state index in [-0.39, 0.29) is 0 Å². The molecule has 13 heavy (non-hydrogen) atoms. The molecular weight excluding hydrogens is 168 g/mol. The van der Waals surface area contributed by atoms with E-state index < -0.39 is 11.9 Å².